The van der Waals surface area contributed by atoms with Gasteiger partial charge in [0.05, 0.1) is 18.2 Å². The van der Waals surface area contributed by atoms with Crippen molar-refractivity contribution in [1.29, 1.82) is 0 Å². The van der Waals surface area contributed by atoms with Gasteiger partial charge in [0.25, 0.3) is 0 Å². The van der Waals surface area contributed by atoms with Crippen molar-refractivity contribution in [2.24, 2.45) is 0 Å². The Kier molecular flexibility index (Phi) is 7.03. The minimum absolute atomic E-state index is 0.0232. The van der Waals surface area contributed by atoms with Gasteiger partial charge in [-0.2, -0.15) is 0 Å². The van der Waals surface area contributed by atoms with Gasteiger partial charge in [0.15, 0.2) is 17.3 Å². The summed E-state index contributed by atoms with van der Waals surface area (Å²) < 4.78 is 16.0. The first-order valence-corrected chi connectivity index (χ1v) is 8.35. The molecule has 5 nitrogen and oxygen atoms in total. The van der Waals surface area contributed by atoms with E-state index in [1.165, 1.54) is 13.2 Å². The van der Waals surface area contributed by atoms with Crippen LogP contribution in [0.1, 0.15) is 15.9 Å². The fraction of sp³-hybridized carbons (Fsp3) is 0.211. The highest BCUT2D eigenvalue weighted by Crippen LogP contribution is 2.35. The number of ether oxygens (including phenoxy) is 3. The van der Waals surface area contributed by atoms with Gasteiger partial charge in [-0.05, 0) is 64.0 Å². The number of phenols is 1. The van der Waals surface area contributed by atoms with Crippen LogP contribution < -0.4 is 9.47 Å². The molecule has 1 N–H and O–H groups in total. The van der Waals surface area contributed by atoms with Crippen molar-refractivity contribution in [3.05, 3.63) is 58.1 Å². The molecule has 6 heteroatoms. The van der Waals surface area contributed by atoms with E-state index in [4.69, 9.17) is 14.2 Å². The van der Waals surface area contributed by atoms with Gasteiger partial charge < -0.3 is 19.3 Å². The Morgan fingerprint density at radius 3 is 2.52 bits per heavy atom. The molecule has 0 aromatic heterocycles. The second-order valence-electron chi connectivity index (χ2n) is 5.12. The highest BCUT2D eigenvalue weighted by Gasteiger charge is 2.08. The predicted octanol–water partition coefficient (Wildman–Crippen LogP) is 4.08. The predicted molar refractivity (Wildman–Crippen MR) is 99.5 cm³/mol. The molecule has 0 saturated carbocycles. The summed E-state index contributed by atoms with van der Waals surface area (Å²) in [6.45, 7) is 0.969. The summed E-state index contributed by atoms with van der Waals surface area (Å²) in [6.07, 6.45) is 3.14. The van der Waals surface area contributed by atoms with Crippen LogP contribution in [0.2, 0.25) is 0 Å². The number of phenolic OH excluding ortho intramolecular Hbond substituents is 1. The zero-order valence-electron chi connectivity index (χ0n) is 14.0. The zero-order chi connectivity index (χ0) is 18.2. The SMILES string of the molecule is COCCOc1ccc(C(=O)/C=C/c2cc(Br)c(O)c(OC)c2)cc1. The van der Waals surface area contributed by atoms with Crippen LogP contribution in [-0.4, -0.2) is 38.3 Å². The van der Waals surface area contributed by atoms with Gasteiger partial charge in [-0.15, -0.1) is 0 Å². The highest BCUT2D eigenvalue weighted by molar-refractivity contribution is 9.10. The molecule has 2 aromatic carbocycles. The number of carbonyl (C=O) groups excluding carboxylic acids is 1. The lowest BCUT2D eigenvalue weighted by Gasteiger charge is -2.06. The number of methoxy groups -OCH3 is 2. The molecular weight excluding hydrogens is 388 g/mol. The molecule has 0 spiro atoms. The summed E-state index contributed by atoms with van der Waals surface area (Å²) in [5.74, 6) is 0.908. The van der Waals surface area contributed by atoms with Crippen LogP contribution >= 0.6 is 15.9 Å². The third-order valence-corrected chi connectivity index (χ3v) is 4.00. The largest absolute Gasteiger partial charge is 0.503 e. The van der Waals surface area contributed by atoms with Crippen LogP contribution in [0.25, 0.3) is 6.08 Å². The van der Waals surface area contributed by atoms with E-state index in [-0.39, 0.29) is 11.5 Å². The topological polar surface area (TPSA) is 65.0 Å². The Labute approximate surface area is 155 Å². The molecule has 2 rings (SSSR count). The number of rotatable bonds is 8. The maximum atomic E-state index is 12.3. The first kappa shape index (κ1) is 19.0. The Morgan fingerprint density at radius 2 is 1.88 bits per heavy atom. The first-order valence-electron chi connectivity index (χ1n) is 7.56. The first-order chi connectivity index (χ1) is 12.0. The normalized spacial score (nSPS) is 10.8. The number of hydrogen-bond acceptors (Lipinski definition) is 5. The third kappa shape index (κ3) is 5.34. The molecule has 0 bridgehead atoms. The molecule has 25 heavy (non-hydrogen) atoms. The quantitative estimate of drug-likeness (QED) is 0.406. The van der Waals surface area contributed by atoms with E-state index in [9.17, 15) is 9.90 Å². The van der Waals surface area contributed by atoms with Gasteiger partial charge in [0.1, 0.15) is 12.4 Å². The summed E-state index contributed by atoms with van der Waals surface area (Å²) in [5, 5.41) is 9.80. The van der Waals surface area contributed by atoms with Crippen LogP contribution in [0.15, 0.2) is 46.9 Å². The Balaban J connectivity index is 2.06. The van der Waals surface area contributed by atoms with E-state index >= 15 is 0 Å². The molecule has 132 valence electrons. The lowest BCUT2D eigenvalue weighted by molar-refractivity contribution is 0.104. The smallest absolute Gasteiger partial charge is 0.185 e. The molecule has 0 aliphatic heterocycles. The van der Waals surface area contributed by atoms with E-state index in [0.29, 0.717) is 34.7 Å². The van der Waals surface area contributed by atoms with Crippen molar-refractivity contribution in [3.63, 3.8) is 0 Å². The van der Waals surface area contributed by atoms with Gasteiger partial charge in [0, 0.05) is 12.7 Å². The third-order valence-electron chi connectivity index (χ3n) is 3.39. The molecule has 0 aliphatic carbocycles. The molecule has 0 unspecified atom stereocenters. The van der Waals surface area contributed by atoms with Crippen molar-refractivity contribution in [2.75, 3.05) is 27.4 Å². The van der Waals surface area contributed by atoms with E-state index in [1.54, 1.807) is 49.6 Å². The number of benzene rings is 2. The number of carbonyl (C=O) groups is 1. The van der Waals surface area contributed by atoms with E-state index < -0.39 is 0 Å². The maximum Gasteiger partial charge on any atom is 0.185 e. The average molecular weight is 407 g/mol. The zero-order valence-corrected chi connectivity index (χ0v) is 15.6. The summed E-state index contributed by atoms with van der Waals surface area (Å²) in [4.78, 5) is 12.3. The van der Waals surface area contributed by atoms with Crippen molar-refractivity contribution < 1.29 is 24.1 Å². The number of aromatic hydroxyl groups is 1. The number of halogens is 1. The van der Waals surface area contributed by atoms with E-state index in [1.807, 2.05) is 0 Å². The van der Waals surface area contributed by atoms with Crippen molar-refractivity contribution in [2.45, 2.75) is 0 Å². The highest BCUT2D eigenvalue weighted by atomic mass is 79.9. The van der Waals surface area contributed by atoms with Gasteiger partial charge in [-0.1, -0.05) is 6.08 Å². The molecule has 0 fully saturated rings. The molecule has 0 aliphatic rings. The van der Waals surface area contributed by atoms with Crippen molar-refractivity contribution in [1.82, 2.24) is 0 Å². The molecular formula is C19H19BrO5. The van der Waals surface area contributed by atoms with Crippen LogP contribution in [0.4, 0.5) is 0 Å². The van der Waals surface area contributed by atoms with Gasteiger partial charge in [-0.25, -0.2) is 0 Å². The van der Waals surface area contributed by atoms with Gasteiger partial charge in [0.2, 0.25) is 0 Å². The number of hydrogen-bond donors (Lipinski definition) is 1. The fourth-order valence-corrected chi connectivity index (χ4v) is 2.53. The lowest BCUT2D eigenvalue weighted by atomic mass is 10.1. The lowest BCUT2D eigenvalue weighted by Crippen LogP contribution is -2.04. The monoisotopic (exact) mass is 406 g/mol. The summed E-state index contributed by atoms with van der Waals surface area (Å²) in [6, 6.07) is 10.3. The van der Waals surface area contributed by atoms with Crippen LogP contribution in [0, 0.1) is 0 Å². The Bertz CT molecular complexity index is 753. The molecule has 2 aromatic rings. The minimum Gasteiger partial charge on any atom is -0.503 e. The molecule has 0 atom stereocenters. The number of ketones is 1. The molecule has 0 radical (unpaired) electrons. The molecule has 0 saturated heterocycles. The van der Waals surface area contributed by atoms with E-state index in [2.05, 4.69) is 15.9 Å². The maximum absolute atomic E-state index is 12.3. The summed E-state index contributed by atoms with van der Waals surface area (Å²) >= 11 is 3.25. The summed E-state index contributed by atoms with van der Waals surface area (Å²) in [5.41, 5.74) is 1.29. The van der Waals surface area contributed by atoms with Crippen LogP contribution in [0.5, 0.6) is 17.2 Å². The standard InChI is InChI=1S/C19H19BrO5/c1-23-9-10-25-15-6-4-14(5-7-15)17(21)8-3-13-11-16(20)19(22)18(12-13)24-2/h3-8,11-12,22H,9-10H2,1-2H3/b8-3+. The second kappa shape index (κ2) is 9.25. The molecule has 0 amide bonds. The minimum atomic E-state index is -0.133. The van der Waals surface area contributed by atoms with Crippen LogP contribution in [-0.2, 0) is 4.74 Å². The van der Waals surface area contributed by atoms with Gasteiger partial charge >= 0.3 is 0 Å². The Morgan fingerprint density at radius 1 is 1.16 bits per heavy atom. The van der Waals surface area contributed by atoms with E-state index in [0.717, 1.165) is 5.56 Å². The van der Waals surface area contributed by atoms with Gasteiger partial charge in [-0.3, -0.25) is 4.79 Å². The summed E-state index contributed by atoms with van der Waals surface area (Å²) in [7, 11) is 3.08. The Hall–Kier alpha value is -2.31. The van der Waals surface area contributed by atoms with Crippen molar-refractivity contribution >= 4 is 27.8 Å². The average Bonchev–Trinajstić information content (AvgIpc) is 2.63. The second-order valence-corrected chi connectivity index (χ2v) is 5.97. The van der Waals surface area contributed by atoms with Crippen molar-refractivity contribution in [3.8, 4) is 17.2 Å². The fourth-order valence-electron chi connectivity index (χ4n) is 2.07. The van der Waals surface area contributed by atoms with Crippen LogP contribution in [0.3, 0.4) is 0 Å². The number of allylic oxidation sites excluding steroid dienone is 1. The molecule has 0 heterocycles.